The van der Waals surface area contributed by atoms with Gasteiger partial charge in [-0.05, 0) is 56.1 Å². The van der Waals surface area contributed by atoms with Crippen LogP contribution in [0.4, 0.5) is 5.69 Å². The van der Waals surface area contributed by atoms with Crippen molar-refractivity contribution in [1.82, 2.24) is 0 Å². The van der Waals surface area contributed by atoms with E-state index in [-0.39, 0.29) is 29.7 Å². The Hall–Kier alpha value is -1.84. The highest BCUT2D eigenvalue weighted by molar-refractivity contribution is 6.00. The first-order chi connectivity index (χ1) is 10.6. The molecule has 1 heterocycles. The number of amides is 1. The molecule has 2 aliphatic carbocycles. The Bertz CT molecular complexity index is 641. The zero-order valence-corrected chi connectivity index (χ0v) is 12.7. The minimum atomic E-state index is -0.786. The van der Waals surface area contributed by atoms with E-state index in [0.717, 1.165) is 31.4 Å². The van der Waals surface area contributed by atoms with Crippen molar-refractivity contribution >= 4 is 17.6 Å². The maximum atomic E-state index is 13.2. The smallest absolute Gasteiger partial charge is 0.307 e. The molecule has 0 aromatic heterocycles. The Labute approximate surface area is 130 Å². The summed E-state index contributed by atoms with van der Waals surface area (Å²) in [6.07, 6.45) is 3.75. The van der Waals surface area contributed by atoms with Gasteiger partial charge in [-0.25, -0.2) is 0 Å². The van der Waals surface area contributed by atoms with Gasteiger partial charge in [-0.1, -0.05) is 18.2 Å². The quantitative estimate of drug-likeness (QED) is 0.913. The largest absolute Gasteiger partial charge is 0.481 e. The van der Waals surface area contributed by atoms with Crippen LogP contribution in [0.3, 0.4) is 0 Å². The molecule has 4 heteroatoms. The zero-order valence-electron chi connectivity index (χ0n) is 12.7. The molecule has 5 atom stereocenters. The van der Waals surface area contributed by atoms with Gasteiger partial charge in [0.15, 0.2) is 0 Å². The first-order valence-corrected chi connectivity index (χ1v) is 8.21. The normalized spacial score (nSPS) is 35.7. The summed E-state index contributed by atoms with van der Waals surface area (Å²) in [5.41, 5.74) is 2.17. The molecular formula is C18H21NO3. The van der Waals surface area contributed by atoms with Gasteiger partial charge in [0.2, 0.25) is 5.91 Å². The molecule has 0 saturated heterocycles. The second kappa shape index (κ2) is 4.83. The number of aliphatic carboxylic acids is 1. The molecule has 22 heavy (non-hydrogen) atoms. The number of nitrogens with zero attached hydrogens (tertiary/aromatic N) is 1. The lowest BCUT2D eigenvalue weighted by Gasteiger charge is -2.33. The fourth-order valence-electron chi connectivity index (χ4n) is 5.06. The van der Waals surface area contributed by atoms with Gasteiger partial charge in [0, 0.05) is 11.7 Å². The summed E-state index contributed by atoms with van der Waals surface area (Å²) in [7, 11) is 0. The van der Waals surface area contributed by atoms with Crippen LogP contribution in [-0.4, -0.2) is 23.0 Å². The fourth-order valence-corrected chi connectivity index (χ4v) is 5.06. The average molecular weight is 299 g/mol. The zero-order chi connectivity index (χ0) is 15.4. The lowest BCUT2D eigenvalue weighted by Crippen LogP contribution is -2.46. The highest BCUT2D eigenvalue weighted by atomic mass is 16.4. The molecule has 116 valence electrons. The van der Waals surface area contributed by atoms with Gasteiger partial charge in [0.1, 0.15) is 0 Å². The van der Waals surface area contributed by atoms with Crippen molar-refractivity contribution < 1.29 is 14.7 Å². The molecule has 1 N–H and O–H groups in total. The van der Waals surface area contributed by atoms with E-state index < -0.39 is 11.9 Å². The second-order valence-electron chi connectivity index (χ2n) is 7.11. The molecule has 4 rings (SSSR count). The van der Waals surface area contributed by atoms with Gasteiger partial charge in [0.05, 0.1) is 11.8 Å². The van der Waals surface area contributed by atoms with E-state index in [0.29, 0.717) is 0 Å². The van der Waals surface area contributed by atoms with Crippen molar-refractivity contribution in [2.75, 3.05) is 4.90 Å². The Morgan fingerprint density at radius 2 is 1.82 bits per heavy atom. The summed E-state index contributed by atoms with van der Waals surface area (Å²) in [5.74, 6) is -1.10. The number of anilines is 1. The maximum Gasteiger partial charge on any atom is 0.307 e. The molecule has 1 aromatic rings. The Morgan fingerprint density at radius 1 is 1.14 bits per heavy atom. The highest BCUT2D eigenvalue weighted by Gasteiger charge is 2.55. The fraction of sp³-hybridized carbons (Fsp3) is 0.556. The predicted molar refractivity (Wildman–Crippen MR) is 82.5 cm³/mol. The van der Waals surface area contributed by atoms with E-state index in [2.05, 4.69) is 13.0 Å². The molecule has 1 aromatic carbocycles. The molecule has 4 nitrogen and oxygen atoms in total. The maximum absolute atomic E-state index is 13.2. The van der Waals surface area contributed by atoms with Crippen molar-refractivity contribution in [2.45, 2.75) is 38.6 Å². The van der Waals surface area contributed by atoms with Crippen LogP contribution >= 0.6 is 0 Å². The molecule has 1 amide bonds. The number of rotatable bonds is 2. The number of carboxylic acids is 1. The Morgan fingerprint density at radius 3 is 2.55 bits per heavy atom. The van der Waals surface area contributed by atoms with Crippen LogP contribution in [0.25, 0.3) is 0 Å². The third-order valence-corrected chi connectivity index (χ3v) is 5.93. The summed E-state index contributed by atoms with van der Waals surface area (Å²) in [5, 5.41) is 9.59. The first kappa shape index (κ1) is 13.8. The number of hydrogen-bond donors (Lipinski definition) is 1. The van der Waals surface area contributed by atoms with Crippen LogP contribution in [-0.2, 0) is 16.0 Å². The molecule has 0 unspecified atom stereocenters. The molecule has 0 radical (unpaired) electrons. The summed E-state index contributed by atoms with van der Waals surface area (Å²) < 4.78 is 0. The predicted octanol–water partition coefficient (Wildman–Crippen LogP) is 2.71. The van der Waals surface area contributed by atoms with Crippen molar-refractivity contribution in [3.8, 4) is 0 Å². The highest BCUT2D eigenvalue weighted by Crippen LogP contribution is 2.53. The SMILES string of the molecule is C[C@H]1Cc2ccccc2N1C(=O)[C@H]1[C@@H]2CC[C@H](C2)[C@@H]1C(=O)O. The van der Waals surface area contributed by atoms with Crippen molar-refractivity contribution in [1.29, 1.82) is 0 Å². The molecule has 3 aliphatic rings. The molecule has 2 fully saturated rings. The number of para-hydroxylation sites is 1. The first-order valence-electron chi connectivity index (χ1n) is 8.21. The molecule has 2 bridgehead atoms. The van der Waals surface area contributed by atoms with Crippen molar-refractivity contribution in [3.63, 3.8) is 0 Å². The molecule has 0 spiro atoms. The standard InChI is InChI=1S/C18H21NO3/c1-10-8-11-4-2-3-5-14(11)19(10)17(20)15-12-6-7-13(9-12)16(15)18(21)22/h2-5,10,12-13,15-16H,6-9H2,1H3,(H,21,22)/t10-,12+,13+,15-,16-/m0/s1. The number of carboxylic acid groups (broad SMARTS) is 1. The van der Waals surface area contributed by atoms with Gasteiger partial charge in [-0.15, -0.1) is 0 Å². The summed E-state index contributed by atoms with van der Waals surface area (Å²) in [6, 6.07) is 8.12. The minimum absolute atomic E-state index is 0.0389. The topological polar surface area (TPSA) is 57.6 Å². The van der Waals surface area contributed by atoms with Crippen LogP contribution in [0.5, 0.6) is 0 Å². The summed E-state index contributed by atoms with van der Waals surface area (Å²) in [6.45, 7) is 2.06. The van der Waals surface area contributed by atoms with E-state index in [9.17, 15) is 14.7 Å². The lowest BCUT2D eigenvalue weighted by molar-refractivity contribution is -0.149. The van der Waals surface area contributed by atoms with E-state index in [1.807, 2.05) is 23.1 Å². The van der Waals surface area contributed by atoms with E-state index >= 15 is 0 Å². The number of benzene rings is 1. The van der Waals surface area contributed by atoms with Crippen LogP contribution in [0.15, 0.2) is 24.3 Å². The Balaban J connectivity index is 1.68. The van der Waals surface area contributed by atoms with Crippen molar-refractivity contribution in [2.24, 2.45) is 23.7 Å². The number of carbonyl (C=O) groups is 2. The van der Waals surface area contributed by atoms with Gasteiger partial charge in [-0.3, -0.25) is 9.59 Å². The van der Waals surface area contributed by atoms with Gasteiger partial charge >= 0.3 is 5.97 Å². The molecule has 2 saturated carbocycles. The number of fused-ring (bicyclic) bond motifs is 3. The van der Waals surface area contributed by atoms with Crippen LogP contribution in [0, 0.1) is 23.7 Å². The van der Waals surface area contributed by atoms with Crippen molar-refractivity contribution in [3.05, 3.63) is 29.8 Å². The third kappa shape index (κ3) is 1.82. The summed E-state index contributed by atoms with van der Waals surface area (Å²) in [4.78, 5) is 26.7. The average Bonchev–Trinajstić information content (AvgIpc) is 3.17. The number of carbonyl (C=O) groups excluding carboxylic acids is 1. The van der Waals surface area contributed by atoms with Crippen LogP contribution in [0.2, 0.25) is 0 Å². The van der Waals surface area contributed by atoms with Gasteiger partial charge in [0.25, 0.3) is 0 Å². The van der Waals surface area contributed by atoms with Crippen LogP contribution in [0.1, 0.15) is 31.7 Å². The molecular weight excluding hydrogens is 278 g/mol. The van der Waals surface area contributed by atoms with E-state index in [1.165, 1.54) is 5.56 Å². The van der Waals surface area contributed by atoms with E-state index in [4.69, 9.17) is 0 Å². The number of hydrogen-bond acceptors (Lipinski definition) is 2. The third-order valence-electron chi connectivity index (χ3n) is 5.93. The van der Waals surface area contributed by atoms with Gasteiger partial charge in [-0.2, -0.15) is 0 Å². The summed E-state index contributed by atoms with van der Waals surface area (Å²) >= 11 is 0. The second-order valence-corrected chi connectivity index (χ2v) is 7.11. The lowest BCUT2D eigenvalue weighted by atomic mass is 9.78. The van der Waals surface area contributed by atoms with E-state index in [1.54, 1.807) is 0 Å². The minimum Gasteiger partial charge on any atom is -0.481 e. The monoisotopic (exact) mass is 299 g/mol. The molecule has 1 aliphatic heterocycles. The van der Waals surface area contributed by atoms with Gasteiger partial charge < -0.3 is 10.0 Å². The van der Waals surface area contributed by atoms with Crippen LogP contribution < -0.4 is 4.90 Å². The Kier molecular flexibility index (Phi) is 3.03.